The Hall–Kier alpha value is -1.31. The summed E-state index contributed by atoms with van der Waals surface area (Å²) in [4.78, 5) is 4.73. The fourth-order valence-corrected chi connectivity index (χ4v) is 2.55. The maximum atomic E-state index is 6.13. The van der Waals surface area contributed by atoms with E-state index in [0.717, 1.165) is 30.1 Å². The lowest BCUT2D eigenvalue weighted by atomic mass is 9.96. The van der Waals surface area contributed by atoms with Crippen molar-refractivity contribution >= 4 is 29.7 Å². The number of aryl methyl sites for hydroxylation is 1. The zero-order valence-electron chi connectivity index (χ0n) is 10.5. The van der Waals surface area contributed by atoms with Crippen molar-refractivity contribution in [2.45, 2.75) is 12.8 Å². The van der Waals surface area contributed by atoms with Gasteiger partial charge in [-0.3, -0.25) is 4.99 Å². The van der Waals surface area contributed by atoms with Gasteiger partial charge in [0.2, 0.25) is 0 Å². The lowest BCUT2D eigenvalue weighted by Crippen LogP contribution is -2.05. The number of benzene rings is 2. The molecule has 0 N–H and O–H groups in total. The van der Waals surface area contributed by atoms with Gasteiger partial charge in [0.1, 0.15) is 0 Å². The highest BCUT2D eigenvalue weighted by Crippen LogP contribution is 2.23. The van der Waals surface area contributed by atoms with Crippen LogP contribution in [0.25, 0.3) is 0 Å². The second-order valence-corrected chi connectivity index (χ2v) is 4.94. The van der Waals surface area contributed by atoms with Crippen molar-refractivity contribution in [1.29, 1.82) is 0 Å². The third kappa shape index (κ3) is 2.99. The van der Waals surface area contributed by atoms with Gasteiger partial charge in [0.15, 0.2) is 0 Å². The number of rotatable bonds is 1. The van der Waals surface area contributed by atoms with Crippen LogP contribution in [0.3, 0.4) is 0 Å². The minimum atomic E-state index is 0. The van der Waals surface area contributed by atoms with Gasteiger partial charge in [-0.25, -0.2) is 0 Å². The van der Waals surface area contributed by atoms with Crippen LogP contribution < -0.4 is 0 Å². The summed E-state index contributed by atoms with van der Waals surface area (Å²) in [6.45, 7) is 0.885. The molecule has 0 spiro atoms. The number of hydrogen-bond donors (Lipinski definition) is 0. The van der Waals surface area contributed by atoms with Gasteiger partial charge >= 0.3 is 0 Å². The molecule has 0 fully saturated rings. The van der Waals surface area contributed by atoms with Gasteiger partial charge in [-0.1, -0.05) is 48.0 Å². The average Bonchev–Trinajstić information content (AvgIpc) is 2.61. The first-order chi connectivity index (χ1) is 8.84. The molecule has 0 amide bonds. The molecule has 1 heterocycles. The summed E-state index contributed by atoms with van der Waals surface area (Å²) in [5.74, 6) is 0. The minimum Gasteiger partial charge on any atom is -0.284 e. The number of fused-ring (bicyclic) bond motifs is 1. The van der Waals surface area contributed by atoms with E-state index in [2.05, 4.69) is 18.2 Å². The summed E-state index contributed by atoms with van der Waals surface area (Å²) in [5.41, 5.74) is 4.78. The number of hydrogen-bond acceptors (Lipinski definition) is 1. The van der Waals surface area contributed by atoms with Gasteiger partial charge in [0, 0.05) is 22.7 Å². The fourth-order valence-electron chi connectivity index (χ4n) is 2.38. The molecule has 2 aromatic rings. The smallest absolute Gasteiger partial charge is 0.0722 e. The molecule has 0 radical (unpaired) electrons. The third-order valence-electron chi connectivity index (χ3n) is 3.25. The van der Waals surface area contributed by atoms with E-state index < -0.39 is 0 Å². The molecule has 0 unspecified atom stereocenters. The van der Waals surface area contributed by atoms with Gasteiger partial charge in [0.05, 0.1) is 5.71 Å². The summed E-state index contributed by atoms with van der Waals surface area (Å²) in [6, 6.07) is 16.5. The quantitative estimate of drug-likeness (QED) is 0.731. The maximum Gasteiger partial charge on any atom is 0.0722 e. The van der Waals surface area contributed by atoms with Gasteiger partial charge in [-0.2, -0.15) is 0 Å². The van der Waals surface area contributed by atoms with Gasteiger partial charge in [0.25, 0.3) is 0 Å². The molecule has 0 aliphatic carbocycles. The molecule has 1 nitrogen and oxygen atoms in total. The summed E-state index contributed by atoms with van der Waals surface area (Å²) in [6.07, 6.45) is 2.18. The lowest BCUT2D eigenvalue weighted by molar-refractivity contribution is 0.845. The van der Waals surface area contributed by atoms with E-state index in [1.54, 1.807) is 0 Å². The molecule has 0 saturated heterocycles. The molecule has 98 valence electrons. The first-order valence-electron chi connectivity index (χ1n) is 6.23. The Morgan fingerprint density at radius 2 is 1.79 bits per heavy atom. The Bertz CT molecular complexity index is 591. The van der Waals surface area contributed by atoms with Crippen molar-refractivity contribution in [2.75, 3.05) is 6.54 Å². The molecule has 0 aromatic heterocycles. The second kappa shape index (κ2) is 6.23. The Kier molecular flexibility index (Phi) is 4.62. The van der Waals surface area contributed by atoms with E-state index in [0.29, 0.717) is 0 Å². The van der Waals surface area contributed by atoms with Crippen molar-refractivity contribution in [3.8, 4) is 0 Å². The summed E-state index contributed by atoms with van der Waals surface area (Å²) in [7, 11) is 0. The topological polar surface area (TPSA) is 12.4 Å². The van der Waals surface area contributed by atoms with Gasteiger partial charge in [-0.15, -0.1) is 12.4 Å². The van der Waals surface area contributed by atoms with Crippen molar-refractivity contribution in [3.63, 3.8) is 0 Å². The van der Waals surface area contributed by atoms with E-state index >= 15 is 0 Å². The summed E-state index contributed by atoms with van der Waals surface area (Å²) >= 11 is 6.13. The number of halogens is 2. The highest BCUT2D eigenvalue weighted by molar-refractivity contribution is 6.31. The monoisotopic (exact) mass is 291 g/mol. The van der Waals surface area contributed by atoms with Crippen LogP contribution in [0, 0.1) is 0 Å². The predicted molar refractivity (Wildman–Crippen MR) is 84.0 cm³/mol. The Morgan fingerprint density at radius 1 is 1.00 bits per heavy atom. The van der Waals surface area contributed by atoms with Crippen LogP contribution in [-0.2, 0) is 6.42 Å². The molecule has 1 aliphatic rings. The van der Waals surface area contributed by atoms with Crippen LogP contribution in [0.15, 0.2) is 53.5 Å². The van der Waals surface area contributed by atoms with Crippen LogP contribution in [-0.4, -0.2) is 12.3 Å². The molecular weight excluding hydrogens is 277 g/mol. The first kappa shape index (κ1) is 14.1. The Morgan fingerprint density at radius 3 is 2.58 bits per heavy atom. The molecule has 0 saturated carbocycles. The predicted octanol–water partition coefficient (Wildman–Crippen LogP) is 4.55. The fraction of sp³-hybridized carbons (Fsp3) is 0.188. The van der Waals surface area contributed by atoms with Gasteiger partial charge in [-0.05, 0) is 30.5 Å². The molecule has 0 bridgehead atoms. The Labute approximate surface area is 124 Å². The first-order valence-corrected chi connectivity index (χ1v) is 6.61. The summed E-state index contributed by atoms with van der Waals surface area (Å²) in [5, 5.41) is 0.777. The van der Waals surface area contributed by atoms with Crippen LogP contribution in [0.1, 0.15) is 23.1 Å². The third-order valence-corrected chi connectivity index (χ3v) is 3.48. The van der Waals surface area contributed by atoms with Crippen molar-refractivity contribution in [2.24, 2.45) is 4.99 Å². The largest absolute Gasteiger partial charge is 0.284 e. The van der Waals surface area contributed by atoms with Crippen LogP contribution in [0.5, 0.6) is 0 Å². The molecular formula is C16H15Cl2N. The Balaban J connectivity index is 0.00000133. The number of nitrogens with zero attached hydrogens (tertiary/aromatic N) is 1. The van der Waals surface area contributed by atoms with Crippen LogP contribution >= 0.6 is 24.0 Å². The van der Waals surface area contributed by atoms with Crippen LogP contribution in [0.4, 0.5) is 0 Å². The molecule has 1 aliphatic heterocycles. The van der Waals surface area contributed by atoms with Crippen molar-refractivity contribution < 1.29 is 0 Å². The molecule has 3 rings (SSSR count). The average molecular weight is 292 g/mol. The zero-order chi connectivity index (χ0) is 12.4. The molecule has 0 atom stereocenters. The molecule has 2 aromatic carbocycles. The van der Waals surface area contributed by atoms with Crippen molar-refractivity contribution in [1.82, 2.24) is 0 Å². The van der Waals surface area contributed by atoms with E-state index in [9.17, 15) is 0 Å². The normalized spacial score (nSPS) is 13.8. The standard InChI is InChI=1S/C16H14ClN.ClH/c17-14-9-8-12-7-4-10-18-16(15(12)11-14)13-5-2-1-3-6-13;/h1-3,5-6,8-9,11H,4,7,10H2;1H. The summed E-state index contributed by atoms with van der Waals surface area (Å²) < 4.78 is 0. The highest BCUT2D eigenvalue weighted by Gasteiger charge is 2.14. The van der Waals surface area contributed by atoms with E-state index in [-0.39, 0.29) is 12.4 Å². The van der Waals surface area contributed by atoms with Crippen LogP contribution in [0.2, 0.25) is 5.02 Å². The van der Waals surface area contributed by atoms with Gasteiger partial charge < -0.3 is 0 Å². The SMILES string of the molecule is Cl.Clc1ccc2c(c1)C(c1ccccc1)=NCCC2. The minimum absolute atomic E-state index is 0. The molecule has 19 heavy (non-hydrogen) atoms. The lowest BCUT2D eigenvalue weighted by Gasteiger charge is -2.10. The maximum absolute atomic E-state index is 6.13. The molecule has 3 heteroatoms. The second-order valence-electron chi connectivity index (χ2n) is 4.50. The highest BCUT2D eigenvalue weighted by atomic mass is 35.5. The van der Waals surface area contributed by atoms with Crippen molar-refractivity contribution in [3.05, 3.63) is 70.2 Å². The number of aliphatic imine (C=N–C) groups is 1. The van der Waals surface area contributed by atoms with E-state index in [4.69, 9.17) is 16.6 Å². The zero-order valence-corrected chi connectivity index (χ0v) is 12.0. The van der Waals surface area contributed by atoms with E-state index in [1.807, 2.05) is 30.3 Å². The van der Waals surface area contributed by atoms with E-state index in [1.165, 1.54) is 16.7 Å².